The van der Waals surface area contributed by atoms with Gasteiger partial charge in [0.05, 0.1) is 0 Å². The van der Waals surface area contributed by atoms with Crippen LogP contribution < -0.4 is 10.2 Å². The Morgan fingerprint density at radius 3 is 2.82 bits per heavy atom. The third-order valence-corrected chi connectivity index (χ3v) is 4.32. The molecule has 1 saturated carbocycles. The zero-order chi connectivity index (χ0) is 11.7. The van der Waals surface area contributed by atoms with Crippen molar-refractivity contribution in [3.05, 3.63) is 29.8 Å². The van der Waals surface area contributed by atoms with Gasteiger partial charge in [0.1, 0.15) is 0 Å². The first-order valence-electron chi connectivity index (χ1n) is 6.97. The highest BCUT2D eigenvalue weighted by molar-refractivity contribution is 5.50. The summed E-state index contributed by atoms with van der Waals surface area (Å²) in [5.74, 6) is 0. The highest BCUT2D eigenvalue weighted by atomic mass is 15.2. The summed E-state index contributed by atoms with van der Waals surface area (Å²) < 4.78 is 0. The van der Waals surface area contributed by atoms with Crippen LogP contribution in [0.4, 0.5) is 5.69 Å². The van der Waals surface area contributed by atoms with Crippen LogP contribution in [0.2, 0.25) is 0 Å². The van der Waals surface area contributed by atoms with Gasteiger partial charge in [0.15, 0.2) is 0 Å². The molecule has 0 aromatic heterocycles. The van der Waals surface area contributed by atoms with E-state index in [0.29, 0.717) is 0 Å². The van der Waals surface area contributed by atoms with E-state index in [4.69, 9.17) is 0 Å². The van der Waals surface area contributed by atoms with Crippen molar-refractivity contribution < 1.29 is 0 Å². The van der Waals surface area contributed by atoms with Crippen molar-refractivity contribution in [3.63, 3.8) is 0 Å². The zero-order valence-electron chi connectivity index (χ0n) is 10.7. The van der Waals surface area contributed by atoms with E-state index in [1.807, 2.05) is 0 Å². The quantitative estimate of drug-likeness (QED) is 0.840. The predicted molar refractivity (Wildman–Crippen MR) is 72.6 cm³/mol. The van der Waals surface area contributed by atoms with Gasteiger partial charge in [0.25, 0.3) is 0 Å². The van der Waals surface area contributed by atoms with Crippen molar-refractivity contribution >= 4 is 5.69 Å². The first kappa shape index (κ1) is 11.1. The van der Waals surface area contributed by atoms with Crippen molar-refractivity contribution in [1.82, 2.24) is 5.32 Å². The summed E-state index contributed by atoms with van der Waals surface area (Å²) in [5.41, 5.74) is 2.85. The Labute approximate surface area is 104 Å². The molecule has 2 heteroatoms. The molecule has 92 valence electrons. The van der Waals surface area contributed by atoms with E-state index in [2.05, 4.69) is 41.4 Å². The number of anilines is 1. The lowest BCUT2D eigenvalue weighted by Crippen LogP contribution is -2.55. The van der Waals surface area contributed by atoms with Crippen LogP contribution >= 0.6 is 0 Å². The summed E-state index contributed by atoms with van der Waals surface area (Å²) in [7, 11) is 0. The molecular weight excluding hydrogens is 208 g/mol. The first-order valence-corrected chi connectivity index (χ1v) is 6.97. The molecular formula is C15H22N2. The Bertz CT molecular complexity index is 371. The molecule has 1 aromatic carbocycles. The lowest BCUT2D eigenvalue weighted by Gasteiger charge is -2.40. The molecule has 1 aliphatic heterocycles. The van der Waals surface area contributed by atoms with Crippen LogP contribution in [-0.2, 0) is 6.42 Å². The number of piperazine rings is 1. The van der Waals surface area contributed by atoms with Gasteiger partial charge in [-0.1, -0.05) is 19.1 Å². The van der Waals surface area contributed by atoms with Gasteiger partial charge >= 0.3 is 0 Å². The fourth-order valence-corrected chi connectivity index (χ4v) is 3.33. The number of hydrogen-bond acceptors (Lipinski definition) is 2. The summed E-state index contributed by atoms with van der Waals surface area (Å²) in [6, 6.07) is 10.6. The van der Waals surface area contributed by atoms with Crippen LogP contribution in [0.25, 0.3) is 0 Å². The second-order valence-electron chi connectivity index (χ2n) is 5.27. The van der Waals surface area contributed by atoms with Gasteiger partial charge in [0.2, 0.25) is 0 Å². The fraction of sp³-hybridized carbons (Fsp3) is 0.600. The minimum absolute atomic E-state index is 0.731. The normalized spacial score (nSPS) is 28.2. The number of hydrogen-bond donors (Lipinski definition) is 1. The molecule has 2 nitrogen and oxygen atoms in total. The number of nitrogens with zero attached hydrogens (tertiary/aromatic N) is 1. The van der Waals surface area contributed by atoms with Crippen LogP contribution in [0, 0.1) is 0 Å². The highest BCUT2D eigenvalue weighted by Gasteiger charge is 2.34. The first-order chi connectivity index (χ1) is 8.38. The number of rotatable bonds is 2. The summed E-state index contributed by atoms with van der Waals surface area (Å²) in [4.78, 5) is 2.62. The summed E-state index contributed by atoms with van der Waals surface area (Å²) in [6.07, 6.45) is 5.22. The second-order valence-corrected chi connectivity index (χ2v) is 5.27. The third-order valence-electron chi connectivity index (χ3n) is 4.32. The fourth-order valence-electron chi connectivity index (χ4n) is 3.33. The Morgan fingerprint density at radius 1 is 1.24 bits per heavy atom. The standard InChI is InChI=1S/C15H22N2/c1-2-12-6-8-13(9-7-12)17-11-10-16-14-4-3-5-15(14)17/h6-9,14-16H,2-5,10-11H2,1H3. The van der Waals surface area contributed by atoms with E-state index in [0.717, 1.165) is 31.6 Å². The van der Waals surface area contributed by atoms with Gasteiger partial charge in [-0.25, -0.2) is 0 Å². The van der Waals surface area contributed by atoms with Crippen LogP contribution in [0.1, 0.15) is 31.7 Å². The summed E-state index contributed by atoms with van der Waals surface area (Å²) >= 11 is 0. The average Bonchev–Trinajstić information content (AvgIpc) is 2.87. The molecule has 2 fully saturated rings. The van der Waals surface area contributed by atoms with Crippen molar-refractivity contribution in [3.8, 4) is 0 Å². The Morgan fingerprint density at radius 2 is 2.06 bits per heavy atom. The smallest absolute Gasteiger partial charge is 0.0443 e. The molecule has 2 atom stereocenters. The van der Waals surface area contributed by atoms with Crippen LogP contribution in [-0.4, -0.2) is 25.2 Å². The second kappa shape index (κ2) is 4.69. The molecule has 1 N–H and O–H groups in total. The molecule has 0 radical (unpaired) electrons. The topological polar surface area (TPSA) is 15.3 Å². The van der Waals surface area contributed by atoms with E-state index in [1.165, 1.54) is 30.5 Å². The van der Waals surface area contributed by atoms with Gasteiger partial charge in [-0.05, 0) is 43.4 Å². The van der Waals surface area contributed by atoms with Crippen molar-refractivity contribution in [2.75, 3.05) is 18.0 Å². The van der Waals surface area contributed by atoms with E-state index in [1.54, 1.807) is 0 Å². The van der Waals surface area contributed by atoms with Gasteiger partial charge in [-0.15, -0.1) is 0 Å². The van der Waals surface area contributed by atoms with E-state index >= 15 is 0 Å². The molecule has 2 aliphatic rings. The van der Waals surface area contributed by atoms with E-state index in [9.17, 15) is 0 Å². The molecule has 3 rings (SSSR count). The van der Waals surface area contributed by atoms with Crippen LogP contribution in [0.3, 0.4) is 0 Å². The zero-order valence-corrected chi connectivity index (χ0v) is 10.7. The molecule has 17 heavy (non-hydrogen) atoms. The van der Waals surface area contributed by atoms with Crippen molar-refractivity contribution in [2.24, 2.45) is 0 Å². The Balaban J connectivity index is 1.81. The summed E-state index contributed by atoms with van der Waals surface area (Å²) in [5, 5.41) is 3.66. The van der Waals surface area contributed by atoms with Gasteiger partial charge < -0.3 is 10.2 Å². The van der Waals surface area contributed by atoms with E-state index in [-0.39, 0.29) is 0 Å². The molecule has 1 aromatic rings. The Kier molecular flexibility index (Phi) is 3.06. The molecule has 1 saturated heterocycles. The van der Waals surface area contributed by atoms with Gasteiger partial charge in [-0.3, -0.25) is 0 Å². The van der Waals surface area contributed by atoms with E-state index < -0.39 is 0 Å². The molecule has 0 bridgehead atoms. The van der Waals surface area contributed by atoms with Crippen LogP contribution in [0.15, 0.2) is 24.3 Å². The highest BCUT2D eigenvalue weighted by Crippen LogP contribution is 2.30. The van der Waals surface area contributed by atoms with Crippen molar-refractivity contribution in [2.45, 2.75) is 44.7 Å². The lowest BCUT2D eigenvalue weighted by atomic mass is 10.1. The molecule has 1 aliphatic carbocycles. The monoisotopic (exact) mass is 230 g/mol. The maximum Gasteiger partial charge on any atom is 0.0443 e. The average molecular weight is 230 g/mol. The Hall–Kier alpha value is -1.02. The number of benzene rings is 1. The third kappa shape index (κ3) is 2.06. The van der Waals surface area contributed by atoms with Gasteiger partial charge in [-0.2, -0.15) is 0 Å². The minimum Gasteiger partial charge on any atom is -0.366 e. The largest absolute Gasteiger partial charge is 0.366 e. The van der Waals surface area contributed by atoms with Gasteiger partial charge in [0, 0.05) is 30.9 Å². The molecule has 2 unspecified atom stereocenters. The minimum atomic E-state index is 0.731. The molecule has 1 heterocycles. The predicted octanol–water partition coefficient (Wildman–Crippen LogP) is 2.58. The SMILES string of the molecule is CCc1ccc(N2CCNC3CCCC32)cc1. The lowest BCUT2D eigenvalue weighted by molar-refractivity contribution is 0.404. The molecule has 0 amide bonds. The maximum atomic E-state index is 3.66. The summed E-state index contributed by atoms with van der Waals surface area (Å²) in [6.45, 7) is 4.51. The van der Waals surface area contributed by atoms with Crippen molar-refractivity contribution in [1.29, 1.82) is 0 Å². The number of aryl methyl sites for hydroxylation is 1. The number of nitrogens with one attached hydrogen (secondary N) is 1. The maximum absolute atomic E-state index is 3.66. The molecule has 0 spiro atoms. The van der Waals surface area contributed by atoms with Crippen LogP contribution in [0.5, 0.6) is 0 Å². The number of fused-ring (bicyclic) bond motifs is 1.